The van der Waals surface area contributed by atoms with Crippen LogP contribution in [0.5, 0.6) is 0 Å². The van der Waals surface area contributed by atoms with Gasteiger partial charge < -0.3 is 9.84 Å². The Morgan fingerprint density at radius 2 is 1.92 bits per heavy atom. The predicted molar refractivity (Wildman–Crippen MR) is 48.0 cm³/mol. The molecule has 1 aromatic heterocycles. The van der Waals surface area contributed by atoms with Crippen LogP contribution in [0.3, 0.4) is 0 Å². The lowest BCUT2D eigenvalue weighted by Crippen LogP contribution is -2.22. The van der Waals surface area contributed by atoms with Gasteiger partial charge in [0.1, 0.15) is 5.60 Å². The average Bonchev–Trinajstić information content (AvgIpc) is 2.18. The van der Waals surface area contributed by atoms with Crippen LogP contribution in [0.4, 0.5) is 0 Å². The number of hydrogen-bond donors (Lipinski definition) is 1. The molecule has 1 N–H and O–H groups in total. The minimum Gasteiger partial charge on any atom is -0.392 e. The molecule has 0 aliphatic heterocycles. The predicted octanol–water partition coefficient (Wildman–Crippen LogP) is 0.850. The molecule has 0 radical (unpaired) electrons. The van der Waals surface area contributed by atoms with E-state index in [1.165, 1.54) is 0 Å². The standard InChI is InChI=1S/C9H14N2O2/c1-9(2,13-3)8-10-4-7(6-12)5-11-8/h4-5,12H,6H2,1-3H3. The normalized spacial score (nSPS) is 11.7. The van der Waals surface area contributed by atoms with Crippen molar-refractivity contribution in [3.8, 4) is 0 Å². The van der Waals surface area contributed by atoms with Crippen molar-refractivity contribution in [3.63, 3.8) is 0 Å². The Hall–Kier alpha value is -1.00. The van der Waals surface area contributed by atoms with Gasteiger partial charge >= 0.3 is 0 Å². The molecule has 0 aromatic carbocycles. The maximum atomic E-state index is 8.78. The molecule has 0 atom stereocenters. The second kappa shape index (κ2) is 3.81. The van der Waals surface area contributed by atoms with Gasteiger partial charge in [0.15, 0.2) is 5.82 Å². The Balaban J connectivity index is 2.92. The third kappa shape index (κ3) is 2.23. The van der Waals surface area contributed by atoms with E-state index in [2.05, 4.69) is 9.97 Å². The van der Waals surface area contributed by atoms with Crippen molar-refractivity contribution in [2.24, 2.45) is 0 Å². The smallest absolute Gasteiger partial charge is 0.159 e. The van der Waals surface area contributed by atoms with E-state index < -0.39 is 5.60 Å². The van der Waals surface area contributed by atoms with Crippen LogP contribution in [-0.4, -0.2) is 22.2 Å². The van der Waals surface area contributed by atoms with Gasteiger partial charge in [0.2, 0.25) is 0 Å². The van der Waals surface area contributed by atoms with Gasteiger partial charge in [-0.25, -0.2) is 9.97 Å². The molecule has 4 nitrogen and oxygen atoms in total. The average molecular weight is 182 g/mol. The van der Waals surface area contributed by atoms with Crippen molar-refractivity contribution in [1.29, 1.82) is 0 Å². The van der Waals surface area contributed by atoms with Crippen molar-refractivity contribution >= 4 is 0 Å². The van der Waals surface area contributed by atoms with E-state index >= 15 is 0 Å². The number of nitrogens with zero attached hydrogens (tertiary/aromatic N) is 2. The number of hydrogen-bond acceptors (Lipinski definition) is 4. The summed E-state index contributed by atoms with van der Waals surface area (Å²) in [7, 11) is 1.61. The third-order valence-corrected chi connectivity index (χ3v) is 1.94. The molecule has 0 spiro atoms. The highest BCUT2D eigenvalue weighted by Gasteiger charge is 2.22. The first-order chi connectivity index (χ1) is 6.10. The van der Waals surface area contributed by atoms with Gasteiger partial charge in [-0.2, -0.15) is 0 Å². The van der Waals surface area contributed by atoms with Crippen molar-refractivity contribution in [2.75, 3.05) is 7.11 Å². The highest BCUT2D eigenvalue weighted by molar-refractivity contribution is 5.07. The van der Waals surface area contributed by atoms with Crippen LogP contribution in [0.1, 0.15) is 25.2 Å². The summed E-state index contributed by atoms with van der Waals surface area (Å²) in [5.74, 6) is 0.618. The molecule has 1 aromatic rings. The fourth-order valence-electron chi connectivity index (χ4n) is 0.839. The second-order valence-electron chi connectivity index (χ2n) is 3.29. The van der Waals surface area contributed by atoms with E-state index in [1.807, 2.05) is 13.8 Å². The van der Waals surface area contributed by atoms with Crippen LogP contribution < -0.4 is 0 Å². The summed E-state index contributed by atoms with van der Waals surface area (Å²) in [5, 5.41) is 8.78. The Bertz CT molecular complexity index is 269. The SMILES string of the molecule is COC(C)(C)c1ncc(CO)cn1. The van der Waals surface area contributed by atoms with E-state index in [0.29, 0.717) is 11.4 Å². The number of methoxy groups -OCH3 is 1. The van der Waals surface area contributed by atoms with E-state index in [1.54, 1.807) is 19.5 Å². The molecule has 1 rings (SSSR count). The van der Waals surface area contributed by atoms with Crippen LogP contribution in [0.15, 0.2) is 12.4 Å². The van der Waals surface area contributed by atoms with Crippen molar-refractivity contribution in [1.82, 2.24) is 9.97 Å². The molecule has 0 fully saturated rings. The van der Waals surface area contributed by atoms with E-state index in [-0.39, 0.29) is 6.61 Å². The Labute approximate surface area is 77.6 Å². The zero-order valence-corrected chi connectivity index (χ0v) is 8.11. The van der Waals surface area contributed by atoms with Gasteiger partial charge in [-0.3, -0.25) is 0 Å². The minimum absolute atomic E-state index is 0.0340. The van der Waals surface area contributed by atoms with Crippen LogP contribution >= 0.6 is 0 Å². The first-order valence-corrected chi connectivity index (χ1v) is 4.07. The van der Waals surface area contributed by atoms with Gasteiger partial charge in [-0.15, -0.1) is 0 Å². The molecule has 72 valence electrons. The van der Waals surface area contributed by atoms with Crippen LogP contribution in [0.25, 0.3) is 0 Å². The summed E-state index contributed by atoms with van der Waals surface area (Å²) in [6.45, 7) is 3.75. The molecule has 0 bridgehead atoms. The highest BCUT2D eigenvalue weighted by atomic mass is 16.5. The molecular weight excluding hydrogens is 168 g/mol. The van der Waals surface area contributed by atoms with Crippen LogP contribution in [0.2, 0.25) is 0 Å². The van der Waals surface area contributed by atoms with Crippen molar-refractivity contribution in [3.05, 3.63) is 23.8 Å². The Morgan fingerprint density at radius 1 is 1.38 bits per heavy atom. The zero-order valence-electron chi connectivity index (χ0n) is 8.11. The molecule has 0 aliphatic carbocycles. The van der Waals surface area contributed by atoms with Gasteiger partial charge in [-0.05, 0) is 13.8 Å². The fraction of sp³-hybridized carbons (Fsp3) is 0.556. The monoisotopic (exact) mass is 182 g/mol. The first-order valence-electron chi connectivity index (χ1n) is 4.07. The molecule has 1 heterocycles. The number of aliphatic hydroxyl groups is 1. The Morgan fingerprint density at radius 3 is 2.31 bits per heavy atom. The van der Waals surface area contributed by atoms with Crippen molar-refractivity contribution < 1.29 is 9.84 Å². The van der Waals surface area contributed by atoms with Gasteiger partial charge in [-0.1, -0.05) is 0 Å². The van der Waals surface area contributed by atoms with E-state index in [4.69, 9.17) is 9.84 Å². The minimum atomic E-state index is -0.478. The number of aromatic nitrogens is 2. The largest absolute Gasteiger partial charge is 0.392 e. The van der Waals surface area contributed by atoms with E-state index in [0.717, 1.165) is 0 Å². The summed E-state index contributed by atoms with van der Waals surface area (Å²) in [6, 6.07) is 0. The number of ether oxygens (including phenoxy) is 1. The number of aliphatic hydroxyl groups excluding tert-OH is 1. The first kappa shape index (κ1) is 10.1. The van der Waals surface area contributed by atoms with Gasteiger partial charge in [0, 0.05) is 25.1 Å². The van der Waals surface area contributed by atoms with E-state index in [9.17, 15) is 0 Å². The lowest BCUT2D eigenvalue weighted by molar-refractivity contribution is 0.0113. The fourth-order valence-corrected chi connectivity index (χ4v) is 0.839. The van der Waals surface area contributed by atoms with Crippen molar-refractivity contribution in [2.45, 2.75) is 26.1 Å². The maximum absolute atomic E-state index is 8.78. The maximum Gasteiger partial charge on any atom is 0.159 e. The molecule has 0 saturated carbocycles. The molecule has 0 unspecified atom stereocenters. The van der Waals surface area contributed by atoms with Crippen LogP contribution in [0, 0.1) is 0 Å². The molecule has 0 amide bonds. The summed E-state index contributed by atoms with van der Waals surface area (Å²) in [4.78, 5) is 8.19. The van der Waals surface area contributed by atoms with Crippen LogP contribution in [-0.2, 0) is 16.9 Å². The highest BCUT2D eigenvalue weighted by Crippen LogP contribution is 2.18. The third-order valence-electron chi connectivity index (χ3n) is 1.94. The summed E-state index contributed by atoms with van der Waals surface area (Å²) >= 11 is 0. The summed E-state index contributed by atoms with van der Waals surface area (Å²) in [5.41, 5.74) is 0.226. The Kier molecular flexibility index (Phi) is 2.95. The molecule has 4 heteroatoms. The zero-order chi connectivity index (χ0) is 9.90. The molecule has 0 aliphatic rings. The quantitative estimate of drug-likeness (QED) is 0.753. The lowest BCUT2D eigenvalue weighted by atomic mass is 10.1. The van der Waals surface area contributed by atoms with Gasteiger partial charge in [0.25, 0.3) is 0 Å². The number of rotatable bonds is 3. The summed E-state index contributed by atoms with van der Waals surface area (Å²) in [6.07, 6.45) is 3.20. The topological polar surface area (TPSA) is 55.2 Å². The molecule has 13 heavy (non-hydrogen) atoms. The van der Waals surface area contributed by atoms with Gasteiger partial charge in [0.05, 0.1) is 6.61 Å². The second-order valence-corrected chi connectivity index (χ2v) is 3.29. The molecular formula is C9H14N2O2. The summed E-state index contributed by atoms with van der Waals surface area (Å²) < 4.78 is 5.21. The molecule has 0 saturated heterocycles. The lowest BCUT2D eigenvalue weighted by Gasteiger charge is -2.20.